The lowest BCUT2D eigenvalue weighted by Gasteiger charge is -2.50. The van der Waals surface area contributed by atoms with E-state index in [0.29, 0.717) is 5.54 Å². The van der Waals surface area contributed by atoms with Crippen molar-refractivity contribution in [1.82, 2.24) is 9.80 Å². The van der Waals surface area contributed by atoms with E-state index in [0.717, 1.165) is 18.4 Å². The van der Waals surface area contributed by atoms with Crippen molar-refractivity contribution in [1.29, 1.82) is 0 Å². The second kappa shape index (κ2) is 7.24. The van der Waals surface area contributed by atoms with Crippen LogP contribution in [0.25, 0.3) is 0 Å². The molecule has 0 spiro atoms. The van der Waals surface area contributed by atoms with Crippen LogP contribution in [0.5, 0.6) is 0 Å². The van der Waals surface area contributed by atoms with Gasteiger partial charge >= 0.3 is 0 Å². The van der Waals surface area contributed by atoms with Gasteiger partial charge in [-0.25, -0.2) is 0 Å². The van der Waals surface area contributed by atoms with Crippen molar-refractivity contribution < 1.29 is 0 Å². The summed E-state index contributed by atoms with van der Waals surface area (Å²) in [5.41, 5.74) is 6.56. The van der Waals surface area contributed by atoms with Crippen LogP contribution in [0.3, 0.4) is 0 Å². The summed E-state index contributed by atoms with van der Waals surface area (Å²) in [6.07, 6.45) is 9.52. The molecule has 3 nitrogen and oxygen atoms in total. The zero-order valence-corrected chi connectivity index (χ0v) is 13.9. The molecule has 0 aromatic heterocycles. The van der Waals surface area contributed by atoms with Gasteiger partial charge in [0.2, 0.25) is 0 Å². The summed E-state index contributed by atoms with van der Waals surface area (Å²) in [6.45, 7) is 7.00. The Labute approximate surface area is 125 Å². The van der Waals surface area contributed by atoms with Crippen LogP contribution in [0.1, 0.15) is 51.9 Å². The molecule has 2 N–H and O–H groups in total. The second-order valence-electron chi connectivity index (χ2n) is 7.47. The fourth-order valence-corrected chi connectivity index (χ4v) is 4.38. The first-order valence-corrected chi connectivity index (χ1v) is 8.69. The Morgan fingerprint density at radius 2 is 1.65 bits per heavy atom. The minimum atomic E-state index is 0.342. The van der Waals surface area contributed by atoms with Crippen molar-refractivity contribution in [3.63, 3.8) is 0 Å². The summed E-state index contributed by atoms with van der Waals surface area (Å²) in [5, 5.41) is 0. The van der Waals surface area contributed by atoms with Gasteiger partial charge in [0, 0.05) is 18.6 Å². The number of piperidine rings is 1. The fraction of sp³-hybridized carbons (Fsp3) is 1.00. The Balaban J connectivity index is 1.87. The molecule has 1 aliphatic heterocycles. The molecule has 1 saturated heterocycles. The Bertz CT molecular complexity index is 274. The molecule has 20 heavy (non-hydrogen) atoms. The van der Waals surface area contributed by atoms with Gasteiger partial charge < -0.3 is 10.6 Å². The van der Waals surface area contributed by atoms with Crippen LogP contribution in [-0.2, 0) is 0 Å². The minimum absolute atomic E-state index is 0.342. The van der Waals surface area contributed by atoms with Crippen molar-refractivity contribution in [2.45, 2.75) is 57.4 Å². The van der Waals surface area contributed by atoms with Gasteiger partial charge in [-0.2, -0.15) is 0 Å². The van der Waals surface area contributed by atoms with E-state index >= 15 is 0 Å². The third-order valence-corrected chi connectivity index (χ3v) is 5.90. The highest BCUT2D eigenvalue weighted by Crippen LogP contribution is 2.39. The van der Waals surface area contributed by atoms with E-state index in [9.17, 15) is 0 Å². The average molecular weight is 281 g/mol. The molecule has 3 heteroatoms. The molecule has 1 saturated carbocycles. The molecule has 0 bridgehead atoms. The Kier molecular flexibility index (Phi) is 5.88. The lowest BCUT2D eigenvalue weighted by atomic mass is 9.73. The molecule has 2 fully saturated rings. The molecule has 118 valence electrons. The van der Waals surface area contributed by atoms with Gasteiger partial charge in [-0.15, -0.1) is 0 Å². The van der Waals surface area contributed by atoms with Crippen LogP contribution >= 0.6 is 0 Å². The largest absolute Gasteiger partial charge is 0.329 e. The molecule has 0 unspecified atom stereocenters. The van der Waals surface area contributed by atoms with Gasteiger partial charge in [0.15, 0.2) is 0 Å². The van der Waals surface area contributed by atoms with Crippen molar-refractivity contribution in [2.75, 3.05) is 40.3 Å². The smallest absolute Gasteiger partial charge is 0.0331 e. The highest BCUT2D eigenvalue weighted by atomic mass is 15.2. The van der Waals surface area contributed by atoms with Crippen molar-refractivity contribution >= 4 is 0 Å². The molecule has 2 aliphatic rings. The summed E-state index contributed by atoms with van der Waals surface area (Å²) in [6, 6.07) is 0. The predicted molar refractivity (Wildman–Crippen MR) is 86.9 cm³/mol. The summed E-state index contributed by atoms with van der Waals surface area (Å²) in [4.78, 5) is 5.09. The molecular formula is C17H35N3. The highest BCUT2D eigenvalue weighted by Gasteiger charge is 2.40. The van der Waals surface area contributed by atoms with Gasteiger partial charge in [0.25, 0.3) is 0 Å². The van der Waals surface area contributed by atoms with E-state index in [2.05, 4.69) is 30.8 Å². The van der Waals surface area contributed by atoms with Gasteiger partial charge in [-0.05, 0) is 77.5 Å². The van der Waals surface area contributed by atoms with Gasteiger partial charge in [0.1, 0.15) is 0 Å². The second-order valence-corrected chi connectivity index (χ2v) is 7.47. The first-order chi connectivity index (χ1) is 9.59. The van der Waals surface area contributed by atoms with Crippen molar-refractivity contribution in [3.8, 4) is 0 Å². The molecule has 0 amide bonds. The molecule has 0 aromatic carbocycles. The third-order valence-electron chi connectivity index (χ3n) is 5.90. The molecule has 2 rings (SSSR count). The summed E-state index contributed by atoms with van der Waals surface area (Å²) in [7, 11) is 4.39. The van der Waals surface area contributed by atoms with E-state index in [1.165, 1.54) is 64.6 Å². The van der Waals surface area contributed by atoms with Crippen LogP contribution in [0.4, 0.5) is 0 Å². The molecule has 0 aromatic rings. The summed E-state index contributed by atoms with van der Waals surface area (Å²) >= 11 is 0. The maximum atomic E-state index is 6.22. The van der Waals surface area contributed by atoms with Crippen LogP contribution in [0, 0.1) is 11.8 Å². The summed E-state index contributed by atoms with van der Waals surface area (Å²) < 4.78 is 0. The predicted octanol–water partition coefficient (Wildman–Crippen LogP) is 2.56. The van der Waals surface area contributed by atoms with E-state index < -0.39 is 0 Å². The van der Waals surface area contributed by atoms with Crippen LogP contribution in [-0.4, -0.2) is 55.6 Å². The number of hydrogen-bond acceptors (Lipinski definition) is 3. The quantitative estimate of drug-likeness (QED) is 0.840. The van der Waals surface area contributed by atoms with Gasteiger partial charge in [0.05, 0.1) is 0 Å². The topological polar surface area (TPSA) is 32.5 Å². The molecular weight excluding hydrogens is 246 g/mol. The van der Waals surface area contributed by atoms with E-state index in [-0.39, 0.29) is 0 Å². The molecule has 1 heterocycles. The highest BCUT2D eigenvalue weighted by molar-refractivity contribution is 4.97. The molecule has 1 aliphatic carbocycles. The maximum Gasteiger partial charge on any atom is 0.0331 e. The lowest BCUT2D eigenvalue weighted by molar-refractivity contribution is 0.0123. The third kappa shape index (κ3) is 3.75. The van der Waals surface area contributed by atoms with E-state index in [1.807, 2.05) is 0 Å². The first-order valence-electron chi connectivity index (χ1n) is 8.69. The van der Waals surface area contributed by atoms with Crippen LogP contribution in [0.15, 0.2) is 0 Å². The van der Waals surface area contributed by atoms with Gasteiger partial charge in [-0.1, -0.05) is 13.3 Å². The Hall–Kier alpha value is -0.120. The number of nitrogens with two attached hydrogens (primary N) is 1. The van der Waals surface area contributed by atoms with Crippen molar-refractivity contribution in [2.24, 2.45) is 17.6 Å². The lowest BCUT2D eigenvalue weighted by Crippen LogP contribution is -2.58. The Morgan fingerprint density at radius 3 is 2.10 bits per heavy atom. The first kappa shape index (κ1) is 16.3. The summed E-state index contributed by atoms with van der Waals surface area (Å²) in [5.74, 6) is 1.85. The van der Waals surface area contributed by atoms with E-state index in [1.54, 1.807) is 0 Å². The SMILES string of the molecule is CCC1CCC(CN)(N2CCC(CN(C)C)CC2)CC1. The number of rotatable bonds is 5. The van der Waals surface area contributed by atoms with Crippen LogP contribution in [0.2, 0.25) is 0 Å². The average Bonchev–Trinajstić information content (AvgIpc) is 2.47. The maximum absolute atomic E-state index is 6.22. The van der Waals surface area contributed by atoms with Crippen molar-refractivity contribution in [3.05, 3.63) is 0 Å². The zero-order valence-electron chi connectivity index (χ0n) is 13.9. The fourth-order valence-electron chi connectivity index (χ4n) is 4.38. The molecule has 0 atom stereocenters. The number of likely N-dealkylation sites (tertiary alicyclic amines) is 1. The minimum Gasteiger partial charge on any atom is -0.329 e. The normalized spacial score (nSPS) is 33.8. The standard InChI is InChI=1S/C17H35N3/c1-4-15-5-9-17(14-18,10-6-15)20-11-7-16(8-12-20)13-19(2)3/h15-16H,4-14,18H2,1-3H3. The Morgan fingerprint density at radius 1 is 1.05 bits per heavy atom. The zero-order chi connectivity index (χ0) is 14.6. The van der Waals surface area contributed by atoms with Gasteiger partial charge in [-0.3, -0.25) is 4.90 Å². The van der Waals surface area contributed by atoms with Crippen LogP contribution < -0.4 is 5.73 Å². The number of nitrogens with zero attached hydrogens (tertiary/aromatic N) is 2. The van der Waals surface area contributed by atoms with E-state index in [4.69, 9.17) is 5.73 Å². The number of hydrogen-bond donors (Lipinski definition) is 1. The molecule has 0 radical (unpaired) electrons. The monoisotopic (exact) mass is 281 g/mol.